The third-order valence-corrected chi connectivity index (χ3v) is 6.88. The number of thiophene rings is 1. The van der Waals surface area contributed by atoms with Gasteiger partial charge in [0.1, 0.15) is 21.3 Å². The Morgan fingerprint density at radius 2 is 1.68 bits per heavy atom. The van der Waals surface area contributed by atoms with Crippen LogP contribution in [-0.2, 0) is 0 Å². The number of benzene rings is 3. The molecule has 3 aromatic carbocycles. The third kappa shape index (κ3) is 4.69. The second-order valence-corrected chi connectivity index (χ2v) is 9.07. The first-order valence-electron chi connectivity index (χ1n) is 11.0. The zero-order valence-corrected chi connectivity index (χ0v) is 20.2. The molecule has 0 spiro atoms. The number of nitro benzene ring substituents is 1. The van der Waals surface area contributed by atoms with E-state index in [0.717, 1.165) is 22.5 Å². The maximum Gasteiger partial charge on any atom is 0.269 e. The number of halogens is 1. The van der Waals surface area contributed by atoms with Gasteiger partial charge in [0.25, 0.3) is 11.6 Å². The minimum absolute atomic E-state index is 0.0847. The zero-order valence-electron chi connectivity index (χ0n) is 19.4. The summed E-state index contributed by atoms with van der Waals surface area (Å²) >= 11 is 1.13. The van der Waals surface area contributed by atoms with E-state index in [0.29, 0.717) is 32.9 Å². The summed E-state index contributed by atoms with van der Waals surface area (Å²) in [5.74, 6) is -0.134. The number of anilines is 2. The van der Waals surface area contributed by atoms with Gasteiger partial charge in [-0.15, -0.1) is 11.3 Å². The van der Waals surface area contributed by atoms with Gasteiger partial charge in [-0.2, -0.15) is 0 Å². The van der Waals surface area contributed by atoms with Gasteiger partial charge in [-0.05, 0) is 65.7 Å². The molecule has 3 N–H and O–H groups in total. The van der Waals surface area contributed by atoms with Crippen LogP contribution in [0.25, 0.3) is 32.6 Å². The maximum atomic E-state index is 13.7. The summed E-state index contributed by atoms with van der Waals surface area (Å²) in [6.45, 7) is 0. The van der Waals surface area contributed by atoms with Crippen molar-refractivity contribution < 1.29 is 18.8 Å². The van der Waals surface area contributed by atoms with Gasteiger partial charge in [0.2, 0.25) is 0 Å². The van der Waals surface area contributed by atoms with E-state index >= 15 is 0 Å². The highest BCUT2D eigenvalue weighted by Crippen LogP contribution is 2.41. The molecule has 0 aliphatic carbocycles. The van der Waals surface area contributed by atoms with E-state index < -0.39 is 10.8 Å². The predicted molar refractivity (Wildman–Crippen MR) is 142 cm³/mol. The second kappa shape index (κ2) is 9.67. The van der Waals surface area contributed by atoms with E-state index in [1.165, 1.54) is 36.4 Å². The SMILES string of the molecule is COc1ccc(-c2cc(-c3ccc(F)cc3)c3c(N)c(C(=O)Nc4ccc([N+](=O)[O-])cc4)sc3n2)cc1. The third-order valence-electron chi connectivity index (χ3n) is 5.78. The van der Waals surface area contributed by atoms with Crippen LogP contribution in [0.2, 0.25) is 0 Å². The number of carbonyl (C=O) groups excluding carboxylic acids is 1. The molecule has 0 unspecified atom stereocenters. The number of pyridine rings is 1. The average Bonchev–Trinajstić information content (AvgIpc) is 3.25. The van der Waals surface area contributed by atoms with Crippen molar-refractivity contribution in [1.82, 2.24) is 4.98 Å². The van der Waals surface area contributed by atoms with Crippen molar-refractivity contribution in [1.29, 1.82) is 0 Å². The summed E-state index contributed by atoms with van der Waals surface area (Å²) in [4.78, 5) is 29.1. The number of rotatable bonds is 6. The largest absolute Gasteiger partial charge is 0.497 e. The van der Waals surface area contributed by atoms with Crippen molar-refractivity contribution in [3.05, 3.63) is 99.7 Å². The number of ether oxygens (including phenoxy) is 1. The summed E-state index contributed by atoms with van der Waals surface area (Å²) in [6.07, 6.45) is 0. The maximum absolute atomic E-state index is 13.7. The molecule has 37 heavy (non-hydrogen) atoms. The fourth-order valence-corrected chi connectivity index (χ4v) is 4.93. The lowest BCUT2D eigenvalue weighted by atomic mass is 9.99. The number of methoxy groups -OCH3 is 1. The monoisotopic (exact) mass is 514 g/mol. The van der Waals surface area contributed by atoms with Crippen molar-refractivity contribution in [2.75, 3.05) is 18.2 Å². The van der Waals surface area contributed by atoms with Gasteiger partial charge in [-0.25, -0.2) is 9.37 Å². The molecule has 0 atom stereocenters. The lowest BCUT2D eigenvalue weighted by Gasteiger charge is -2.09. The van der Waals surface area contributed by atoms with Crippen LogP contribution in [0.3, 0.4) is 0 Å². The number of nitrogens with two attached hydrogens (primary N) is 1. The Morgan fingerprint density at radius 3 is 2.30 bits per heavy atom. The summed E-state index contributed by atoms with van der Waals surface area (Å²) in [7, 11) is 1.59. The van der Waals surface area contributed by atoms with Crippen LogP contribution in [0, 0.1) is 15.9 Å². The van der Waals surface area contributed by atoms with Crippen molar-refractivity contribution >= 4 is 44.5 Å². The highest BCUT2D eigenvalue weighted by atomic mass is 32.1. The van der Waals surface area contributed by atoms with Crippen LogP contribution in [0.5, 0.6) is 5.75 Å². The molecule has 0 saturated carbocycles. The molecule has 184 valence electrons. The standard InChI is InChI=1S/C27H19FN4O4S/c1-36-20-12-4-16(5-13-20)22-14-21(15-2-6-17(28)7-3-15)23-24(29)25(37-27(23)31-22)26(33)30-18-8-10-19(11-9-18)32(34)35/h2-14H,29H2,1H3,(H,30,33). The van der Waals surface area contributed by atoms with E-state index in [4.69, 9.17) is 15.5 Å². The first-order valence-corrected chi connectivity index (χ1v) is 11.8. The van der Waals surface area contributed by atoms with Gasteiger partial charge < -0.3 is 15.8 Å². The van der Waals surface area contributed by atoms with Gasteiger partial charge in [0.05, 0.1) is 23.4 Å². The van der Waals surface area contributed by atoms with Crippen LogP contribution in [0.1, 0.15) is 9.67 Å². The summed E-state index contributed by atoms with van der Waals surface area (Å²) in [6, 6.07) is 20.8. The van der Waals surface area contributed by atoms with Crippen LogP contribution in [0.4, 0.5) is 21.5 Å². The number of amides is 1. The number of nitro groups is 1. The fourth-order valence-electron chi connectivity index (χ4n) is 3.91. The number of hydrogen-bond donors (Lipinski definition) is 2. The molecule has 5 rings (SSSR count). The van der Waals surface area contributed by atoms with Crippen LogP contribution in [0.15, 0.2) is 78.9 Å². The molecule has 2 heterocycles. The quantitative estimate of drug-likeness (QED) is 0.197. The molecule has 5 aromatic rings. The van der Waals surface area contributed by atoms with Crippen LogP contribution in [-0.4, -0.2) is 22.9 Å². The smallest absolute Gasteiger partial charge is 0.269 e. The van der Waals surface area contributed by atoms with Gasteiger partial charge in [-0.1, -0.05) is 12.1 Å². The van der Waals surface area contributed by atoms with Crippen LogP contribution < -0.4 is 15.8 Å². The number of non-ortho nitro benzene ring substituents is 1. The lowest BCUT2D eigenvalue weighted by molar-refractivity contribution is -0.384. The molecular weight excluding hydrogens is 495 g/mol. The lowest BCUT2D eigenvalue weighted by Crippen LogP contribution is -2.11. The number of nitrogens with one attached hydrogen (secondary N) is 1. The first-order chi connectivity index (χ1) is 17.8. The van der Waals surface area contributed by atoms with Gasteiger partial charge in [0.15, 0.2) is 0 Å². The Labute approximate surface area is 214 Å². The van der Waals surface area contributed by atoms with Crippen molar-refractivity contribution in [2.45, 2.75) is 0 Å². The molecule has 10 heteroatoms. The molecule has 0 bridgehead atoms. The number of nitrogen functional groups attached to an aromatic ring is 1. The molecule has 0 aliphatic rings. The summed E-state index contributed by atoms with van der Waals surface area (Å²) < 4.78 is 18.9. The first kappa shape index (κ1) is 23.9. The van der Waals surface area contributed by atoms with Crippen molar-refractivity contribution in [3.8, 4) is 28.1 Å². The molecule has 1 amide bonds. The van der Waals surface area contributed by atoms with Crippen LogP contribution >= 0.6 is 11.3 Å². The number of fused-ring (bicyclic) bond motifs is 1. The highest BCUT2D eigenvalue weighted by molar-refractivity contribution is 7.21. The molecule has 0 radical (unpaired) electrons. The molecule has 0 aliphatic heterocycles. The Kier molecular flexibility index (Phi) is 6.24. The van der Waals surface area contributed by atoms with Crippen molar-refractivity contribution in [3.63, 3.8) is 0 Å². The molecule has 0 fully saturated rings. The number of aromatic nitrogens is 1. The molecule has 2 aromatic heterocycles. The topological polar surface area (TPSA) is 120 Å². The Morgan fingerprint density at radius 1 is 1.03 bits per heavy atom. The normalized spacial score (nSPS) is 10.9. The van der Waals surface area contributed by atoms with Gasteiger partial charge in [-0.3, -0.25) is 14.9 Å². The zero-order chi connectivity index (χ0) is 26.1. The average molecular weight is 515 g/mol. The fraction of sp³-hybridized carbons (Fsp3) is 0.0370. The van der Waals surface area contributed by atoms with E-state index in [1.807, 2.05) is 30.3 Å². The molecule has 0 saturated heterocycles. The summed E-state index contributed by atoms with van der Waals surface area (Å²) in [5.41, 5.74) is 9.93. The highest BCUT2D eigenvalue weighted by Gasteiger charge is 2.22. The predicted octanol–water partition coefficient (Wildman–Crippen LogP) is 6.52. The minimum Gasteiger partial charge on any atom is -0.497 e. The van der Waals surface area contributed by atoms with Gasteiger partial charge in [0, 0.05) is 28.8 Å². The van der Waals surface area contributed by atoms with E-state index in [9.17, 15) is 19.3 Å². The van der Waals surface area contributed by atoms with E-state index in [-0.39, 0.29) is 22.1 Å². The van der Waals surface area contributed by atoms with Crippen molar-refractivity contribution in [2.24, 2.45) is 0 Å². The van der Waals surface area contributed by atoms with E-state index in [2.05, 4.69) is 5.32 Å². The summed E-state index contributed by atoms with van der Waals surface area (Å²) in [5, 5.41) is 14.2. The number of nitrogens with zero attached hydrogens (tertiary/aromatic N) is 2. The number of carbonyl (C=O) groups is 1. The van der Waals surface area contributed by atoms with Gasteiger partial charge >= 0.3 is 0 Å². The minimum atomic E-state index is -0.515. The Hall–Kier alpha value is -4.83. The molecular formula is C27H19FN4O4S. The second-order valence-electron chi connectivity index (χ2n) is 8.07. The Balaban J connectivity index is 1.61. The molecule has 8 nitrogen and oxygen atoms in total. The number of hydrogen-bond acceptors (Lipinski definition) is 7. The van der Waals surface area contributed by atoms with E-state index in [1.54, 1.807) is 19.2 Å². The Bertz CT molecular complexity index is 1630.